The molecule has 39 heavy (non-hydrogen) atoms. The summed E-state index contributed by atoms with van der Waals surface area (Å²) in [4.78, 5) is 39.8. The molecule has 0 aliphatic carbocycles. The van der Waals surface area contributed by atoms with Crippen molar-refractivity contribution in [1.82, 2.24) is 4.90 Å². The maximum absolute atomic E-state index is 14.0. The fraction of sp³-hybridized carbons (Fsp3) is 0.133. The van der Waals surface area contributed by atoms with Gasteiger partial charge in [0.1, 0.15) is 11.9 Å². The highest BCUT2D eigenvalue weighted by molar-refractivity contribution is 6.02. The summed E-state index contributed by atoms with van der Waals surface area (Å²) in [5, 5.41) is 20.5. The molecule has 0 spiro atoms. The molecule has 1 amide bonds. The third kappa shape index (κ3) is 5.57. The van der Waals surface area contributed by atoms with Crippen LogP contribution in [0.25, 0.3) is 0 Å². The lowest BCUT2D eigenvalue weighted by Crippen LogP contribution is -2.48. The zero-order valence-corrected chi connectivity index (χ0v) is 20.8. The third-order valence-corrected chi connectivity index (χ3v) is 6.51. The lowest BCUT2D eigenvalue weighted by molar-refractivity contribution is -0.384. The second kappa shape index (κ2) is 11.1. The second-order valence-electron chi connectivity index (χ2n) is 9.12. The summed E-state index contributed by atoms with van der Waals surface area (Å²) in [7, 11) is 0. The fourth-order valence-electron chi connectivity index (χ4n) is 4.76. The van der Waals surface area contributed by atoms with Crippen molar-refractivity contribution in [3.05, 3.63) is 135 Å². The number of nitro benzene ring substituents is 1. The van der Waals surface area contributed by atoms with Crippen molar-refractivity contribution in [3.8, 4) is 5.75 Å². The standard InChI is InChI=1S/C30H25N3O6/c34-28(35)20-39-25-14-11-23(12-15-25)29-31(18-21-7-3-1-4-8-21)27-16-13-24(33(37)38)17-26(27)30(36)32(29)19-22-9-5-2-6-10-22/h1-17,29H,18-20H2,(H,34,35)/t29-/m1/s1. The van der Waals surface area contributed by atoms with Crippen molar-refractivity contribution in [2.24, 2.45) is 0 Å². The van der Waals surface area contributed by atoms with Crippen LogP contribution in [0.1, 0.15) is 33.2 Å². The Bertz CT molecular complexity index is 1490. The summed E-state index contributed by atoms with van der Waals surface area (Å²) in [5.74, 6) is -1.01. The van der Waals surface area contributed by atoms with E-state index in [1.165, 1.54) is 12.1 Å². The van der Waals surface area contributed by atoms with Gasteiger partial charge in [0.15, 0.2) is 6.61 Å². The molecule has 0 saturated carbocycles. The first kappa shape index (κ1) is 25.5. The molecule has 0 saturated heterocycles. The molecule has 0 radical (unpaired) electrons. The van der Waals surface area contributed by atoms with Crippen LogP contribution >= 0.6 is 0 Å². The number of aliphatic carboxylic acids is 1. The van der Waals surface area contributed by atoms with Gasteiger partial charge in [-0.1, -0.05) is 72.8 Å². The number of non-ortho nitro benzene ring substituents is 1. The molecule has 1 N–H and O–H groups in total. The van der Waals surface area contributed by atoms with Gasteiger partial charge in [0, 0.05) is 25.2 Å². The molecule has 0 fully saturated rings. The minimum absolute atomic E-state index is 0.153. The first-order valence-electron chi connectivity index (χ1n) is 12.3. The van der Waals surface area contributed by atoms with Crippen LogP contribution in [-0.4, -0.2) is 33.4 Å². The molecular formula is C30H25N3O6. The van der Waals surface area contributed by atoms with Crippen LogP contribution in [0.5, 0.6) is 5.75 Å². The minimum atomic E-state index is -1.08. The highest BCUT2D eigenvalue weighted by Gasteiger charge is 2.39. The molecule has 0 unspecified atom stereocenters. The molecule has 1 atom stereocenters. The van der Waals surface area contributed by atoms with E-state index in [2.05, 4.69) is 4.90 Å². The molecule has 0 bridgehead atoms. The highest BCUT2D eigenvalue weighted by atomic mass is 16.6. The van der Waals surface area contributed by atoms with Gasteiger partial charge in [-0.2, -0.15) is 0 Å². The van der Waals surface area contributed by atoms with E-state index in [0.717, 1.165) is 16.7 Å². The quantitative estimate of drug-likeness (QED) is 0.230. The largest absolute Gasteiger partial charge is 0.482 e. The highest BCUT2D eigenvalue weighted by Crippen LogP contribution is 2.42. The van der Waals surface area contributed by atoms with Crippen molar-refractivity contribution in [3.63, 3.8) is 0 Å². The maximum Gasteiger partial charge on any atom is 0.341 e. The van der Waals surface area contributed by atoms with E-state index < -0.39 is 23.7 Å². The summed E-state index contributed by atoms with van der Waals surface area (Å²) < 4.78 is 5.31. The lowest BCUT2D eigenvalue weighted by Gasteiger charge is -2.46. The molecule has 1 aliphatic rings. The number of hydrogen-bond acceptors (Lipinski definition) is 6. The smallest absolute Gasteiger partial charge is 0.341 e. The Morgan fingerprint density at radius 2 is 1.44 bits per heavy atom. The monoisotopic (exact) mass is 523 g/mol. The number of ether oxygens (including phenoxy) is 1. The van der Waals surface area contributed by atoms with E-state index in [-0.39, 0.29) is 23.7 Å². The summed E-state index contributed by atoms with van der Waals surface area (Å²) in [6.45, 7) is 0.245. The van der Waals surface area contributed by atoms with Gasteiger partial charge < -0.3 is 19.6 Å². The Labute approximate surface area is 224 Å². The van der Waals surface area contributed by atoms with Gasteiger partial charge >= 0.3 is 5.97 Å². The number of nitro groups is 1. The van der Waals surface area contributed by atoms with Gasteiger partial charge in [0.25, 0.3) is 11.6 Å². The van der Waals surface area contributed by atoms with Crippen LogP contribution in [0, 0.1) is 10.1 Å². The number of carboxylic acids is 1. The normalized spacial score (nSPS) is 14.6. The van der Waals surface area contributed by atoms with Crippen molar-refractivity contribution in [1.29, 1.82) is 0 Å². The number of hydrogen-bond donors (Lipinski definition) is 1. The van der Waals surface area contributed by atoms with Gasteiger partial charge in [-0.15, -0.1) is 0 Å². The van der Waals surface area contributed by atoms with Crippen molar-refractivity contribution in [2.75, 3.05) is 11.5 Å². The van der Waals surface area contributed by atoms with E-state index >= 15 is 0 Å². The zero-order valence-electron chi connectivity index (χ0n) is 20.8. The molecule has 4 aromatic carbocycles. The number of carbonyl (C=O) groups excluding carboxylic acids is 1. The number of benzene rings is 4. The lowest BCUT2D eigenvalue weighted by atomic mass is 9.98. The number of anilines is 1. The summed E-state index contributed by atoms with van der Waals surface area (Å²) >= 11 is 0. The minimum Gasteiger partial charge on any atom is -0.482 e. The van der Waals surface area contributed by atoms with E-state index in [9.17, 15) is 19.7 Å². The van der Waals surface area contributed by atoms with E-state index in [4.69, 9.17) is 9.84 Å². The van der Waals surface area contributed by atoms with Crippen molar-refractivity contribution >= 4 is 23.3 Å². The average Bonchev–Trinajstić information content (AvgIpc) is 2.95. The van der Waals surface area contributed by atoms with Crippen LogP contribution in [0.3, 0.4) is 0 Å². The van der Waals surface area contributed by atoms with Crippen LogP contribution in [0.15, 0.2) is 103 Å². The van der Waals surface area contributed by atoms with Crippen LogP contribution < -0.4 is 9.64 Å². The number of nitrogens with zero attached hydrogens (tertiary/aromatic N) is 3. The first-order chi connectivity index (χ1) is 18.9. The Kier molecular flexibility index (Phi) is 7.22. The van der Waals surface area contributed by atoms with Crippen LogP contribution in [0.4, 0.5) is 11.4 Å². The van der Waals surface area contributed by atoms with E-state index in [1.807, 2.05) is 72.8 Å². The topological polar surface area (TPSA) is 113 Å². The Morgan fingerprint density at radius 1 is 0.846 bits per heavy atom. The van der Waals surface area contributed by atoms with Gasteiger partial charge in [-0.05, 0) is 34.9 Å². The predicted molar refractivity (Wildman–Crippen MR) is 144 cm³/mol. The molecule has 9 heteroatoms. The summed E-state index contributed by atoms with van der Waals surface area (Å²) in [6.07, 6.45) is -0.555. The number of carboxylic acid groups (broad SMARTS) is 1. The maximum atomic E-state index is 14.0. The predicted octanol–water partition coefficient (Wildman–Crippen LogP) is 5.42. The third-order valence-electron chi connectivity index (χ3n) is 6.51. The number of rotatable bonds is 9. The molecule has 4 aromatic rings. The second-order valence-corrected chi connectivity index (χ2v) is 9.12. The Morgan fingerprint density at radius 3 is 2.00 bits per heavy atom. The van der Waals surface area contributed by atoms with Gasteiger partial charge in [0.05, 0.1) is 16.2 Å². The average molecular weight is 524 g/mol. The van der Waals surface area contributed by atoms with Crippen LogP contribution in [-0.2, 0) is 17.9 Å². The molecule has 0 aromatic heterocycles. The molecule has 1 aliphatic heterocycles. The zero-order chi connectivity index (χ0) is 27.4. The van der Waals surface area contributed by atoms with Gasteiger partial charge in [-0.3, -0.25) is 14.9 Å². The van der Waals surface area contributed by atoms with Crippen molar-refractivity contribution < 1.29 is 24.4 Å². The first-order valence-corrected chi connectivity index (χ1v) is 12.3. The SMILES string of the molecule is O=C(O)COc1ccc([C@H]2N(Cc3ccccc3)C(=O)c3cc([N+](=O)[O-])ccc3N2Cc2ccccc2)cc1. The summed E-state index contributed by atoms with van der Waals surface area (Å²) in [5.41, 5.74) is 3.39. The molecule has 9 nitrogen and oxygen atoms in total. The molecular weight excluding hydrogens is 498 g/mol. The number of amides is 1. The molecule has 196 valence electrons. The van der Waals surface area contributed by atoms with E-state index in [0.29, 0.717) is 18.0 Å². The van der Waals surface area contributed by atoms with Crippen molar-refractivity contribution in [2.45, 2.75) is 19.3 Å². The fourth-order valence-corrected chi connectivity index (χ4v) is 4.76. The molecule has 1 heterocycles. The van der Waals surface area contributed by atoms with E-state index in [1.54, 1.807) is 23.1 Å². The summed E-state index contributed by atoms with van der Waals surface area (Å²) in [6, 6.07) is 30.7. The molecule has 5 rings (SSSR count). The van der Waals surface area contributed by atoms with Gasteiger partial charge in [-0.25, -0.2) is 4.79 Å². The van der Waals surface area contributed by atoms with Gasteiger partial charge in [0.2, 0.25) is 0 Å². The van der Waals surface area contributed by atoms with Crippen LogP contribution in [0.2, 0.25) is 0 Å². The number of carbonyl (C=O) groups is 2. The number of fused-ring (bicyclic) bond motifs is 1. The Hall–Kier alpha value is -5.18. The Balaban J connectivity index is 1.64.